The molecule has 3 heterocycles. The zero-order valence-electron chi connectivity index (χ0n) is 19.5. The Balaban J connectivity index is 1.21. The number of likely N-dealkylation sites (N-methyl/N-ethyl adjacent to an activating group) is 1. The summed E-state index contributed by atoms with van der Waals surface area (Å²) in [5.74, 6) is -0.00288. The van der Waals surface area contributed by atoms with Gasteiger partial charge in [-0.15, -0.1) is 11.3 Å². The number of carbonyl (C=O) groups excluding carboxylic acids is 2. The van der Waals surface area contributed by atoms with Crippen LogP contribution >= 0.6 is 11.3 Å². The summed E-state index contributed by atoms with van der Waals surface area (Å²) in [4.78, 5) is 35.5. The number of nitrogens with one attached hydrogen (secondary N) is 2. The molecule has 3 amide bonds. The summed E-state index contributed by atoms with van der Waals surface area (Å²) in [6, 6.07) is 16.4. The topological polar surface area (TPSA) is 101 Å². The summed E-state index contributed by atoms with van der Waals surface area (Å²) in [7, 11) is 2.09. The van der Waals surface area contributed by atoms with E-state index in [0.717, 1.165) is 37.2 Å². The largest absolute Gasteiger partial charge is 0.324 e. The van der Waals surface area contributed by atoms with Crippen LogP contribution in [0.5, 0.6) is 0 Å². The lowest BCUT2D eigenvalue weighted by atomic mass is 9.96. The second-order valence-electron chi connectivity index (χ2n) is 9.01. The molecule has 2 N–H and O–H groups in total. The minimum absolute atomic E-state index is 0.163. The number of amides is 3. The van der Waals surface area contributed by atoms with Crippen molar-refractivity contribution in [3.63, 3.8) is 0 Å². The molecule has 5 rings (SSSR count). The maximum atomic E-state index is 12.9. The highest BCUT2D eigenvalue weighted by molar-refractivity contribution is 7.15. The van der Waals surface area contributed by atoms with E-state index >= 15 is 0 Å². The zero-order chi connectivity index (χ0) is 24.4. The van der Waals surface area contributed by atoms with Gasteiger partial charge in [-0.3, -0.25) is 10.1 Å². The molecule has 0 spiro atoms. The van der Waals surface area contributed by atoms with Gasteiger partial charge in [0.25, 0.3) is 5.91 Å². The van der Waals surface area contributed by atoms with E-state index in [-0.39, 0.29) is 17.9 Å². The summed E-state index contributed by atoms with van der Waals surface area (Å²) < 4.78 is 0. The third-order valence-corrected chi connectivity index (χ3v) is 7.50. The first-order valence-electron chi connectivity index (χ1n) is 11.6. The van der Waals surface area contributed by atoms with Crippen LogP contribution in [0, 0.1) is 11.3 Å². The molecule has 0 radical (unpaired) electrons. The van der Waals surface area contributed by atoms with E-state index in [1.165, 1.54) is 4.88 Å². The zero-order valence-corrected chi connectivity index (χ0v) is 20.3. The Bertz CT molecular complexity index is 1300. The van der Waals surface area contributed by atoms with Gasteiger partial charge in [0, 0.05) is 54.6 Å². The molecule has 1 unspecified atom stereocenters. The lowest BCUT2D eigenvalue weighted by Gasteiger charge is -2.20. The molecule has 0 saturated carbocycles. The Hall–Kier alpha value is -3.74. The van der Waals surface area contributed by atoms with Gasteiger partial charge < -0.3 is 15.1 Å². The van der Waals surface area contributed by atoms with Crippen LogP contribution in [0.3, 0.4) is 0 Å². The van der Waals surface area contributed by atoms with E-state index in [2.05, 4.69) is 33.6 Å². The Kier molecular flexibility index (Phi) is 6.49. The summed E-state index contributed by atoms with van der Waals surface area (Å²) in [6.45, 7) is 3.08. The molecule has 2 aliphatic rings. The molecule has 178 valence electrons. The van der Waals surface area contributed by atoms with Gasteiger partial charge >= 0.3 is 6.03 Å². The standard InChI is InChI=1S/C26H26N6O2S/c1-31-11-10-22-23(16-31)35-25(29-22)30-24(33)19-4-2-3-18(13-19)20-9-12-32(15-20)26(34)28-21-7-5-17(14-27)6-8-21/h2-8,13,20H,9-12,15-16H2,1H3,(H,28,34)(H,29,30,33). The number of carbonyl (C=O) groups is 2. The summed E-state index contributed by atoms with van der Waals surface area (Å²) >= 11 is 1.55. The number of fused-ring (bicyclic) bond motifs is 1. The molecular formula is C26H26N6O2S. The van der Waals surface area contributed by atoms with Crippen molar-refractivity contribution in [1.82, 2.24) is 14.8 Å². The minimum Gasteiger partial charge on any atom is -0.324 e. The number of aromatic nitrogens is 1. The van der Waals surface area contributed by atoms with Crippen molar-refractivity contribution in [2.24, 2.45) is 0 Å². The van der Waals surface area contributed by atoms with Gasteiger partial charge in [0.1, 0.15) is 0 Å². The SMILES string of the molecule is CN1CCc2nc(NC(=O)c3cccc(C4CCN(C(=O)Nc5ccc(C#N)cc5)C4)c3)sc2C1. The van der Waals surface area contributed by atoms with Gasteiger partial charge in [-0.05, 0) is 55.4 Å². The van der Waals surface area contributed by atoms with Gasteiger partial charge in [0.15, 0.2) is 5.13 Å². The molecular weight excluding hydrogens is 460 g/mol. The highest BCUT2D eigenvalue weighted by Gasteiger charge is 2.28. The van der Waals surface area contributed by atoms with Crippen LogP contribution in [0.4, 0.5) is 15.6 Å². The molecule has 2 aliphatic heterocycles. The fourth-order valence-corrected chi connectivity index (χ4v) is 5.61. The number of thiazole rings is 1. The van der Waals surface area contributed by atoms with Gasteiger partial charge in [-0.1, -0.05) is 12.1 Å². The summed E-state index contributed by atoms with van der Waals surface area (Å²) in [5, 5.41) is 15.4. The number of nitrogens with zero attached hydrogens (tertiary/aromatic N) is 4. The van der Waals surface area contributed by atoms with Crippen molar-refractivity contribution in [2.45, 2.75) is 25.3 Å². The third-order valence-electron chi connectivity index (χ3n) is 6.50. The average Bonchev–Trinajstić information content (AvgIpc) is 3.51. The number of anilines is 2. The predicted molar refractivity (Wildman–Crippen MR) is 136 cm³/mol. The van der Waals surface area contributed by atoms with Gasteiger partial charge in [-0.25, -0.2) is 9.78 Å². The van der Waals surface area contributed by atoms with Crippen LogP contribution in [0.1, 0.15) is 44.4 Å². The second-order valence-corrected chi connectivity index (χ2v) is 10.1. The number of hydrogen-bond acceptors (Lipinski definition) is 6. The maximum absolute atomic E-state index is 12.9. The maximum Gasteiger partial charge on any atom is 0.321 e. The van der Waals surface area contributed by atoms with Crippen LogP contribution in [0.15, 0.2) is 48.5 Å². The van der Waals surface area contributed by atoms with Crippen LogP contribution in [-0.4, -0.2) is 53.4 Å². The number of urea groups is 1. The van der Waals surface area contributed by atoms with Crippen molar-refractivity contribution >= 4 is 34.1 Å². The van der Waals surface area contributed by atoms with Crippen molar-refractivity contribution in [3.8, 4) is 6.07 Å². The minimum atomic E-state index is -0.167. The molecule has 1 fully saturated rings. The Morgan fingerprint density at radius 1 is 1.14 bits per heavy atom. The lowest BCUT2D eigenvalue weighted by molar-refractivity contribution is 0.102. The average molecular weight is 487 g/mol. The molecule has 0 aliphatic carbocycles. The highest BCUT2D eigenvalue weighted by atomic mass is 32.1. The van der Waals surface area contributed by atoms with Crippen molar-refractivity contribution in [1.29, 1.82) is 5.26 Å². The van der Waals surface area contributed by atoms with Crippen molar-refractivity contribution in [3.05, 3.63) is 75.8 Å². The monoisotopic (exact) mass is 486 g/mol. The first kappa shape index (κ1) is 23.0. The predicted octanol–water partition coefficient (Wildman–Crippen LogP) is 4.28. The number of benzene rings is 2. The Morgan fingerprint density at radius 3 is 2.77 bits per heavy atom. The molecule has 1 aromatic heterocycles. The molecule has 1 saturated heterocycles. The number of nitriles is 1. The summed E-state index contributed by atoms with van der Waals surface area (Å²) in [6.07, 6.45) is 1.74. The Labute approximate surface area is 208 Å². The molecule has 8 nitrogen and oxygen atoms in total. The van der Waals surface area contributed by atoms with Gasteiger partial charge in [0.05, 0.1) is 17.3 Å². The van der Waals surface area contributed by atoms with E-state index in [1.54, 1.807) is 40.5 Å². The van der Waals surface area contributed by atoms with E-state index in [9.17, 15) is 9.59 Å². The van der Waals surface area contributed by atoms with Crippen molar-refractivity contribution in [2.75, 3.05) is 37.3 Å². The number of rotatable bonds is 4. The van der Waals surface area contributed by atoms with E-state index in [1.807, 2.05) is 24.3 Å². The molecule has 35 heavy (non-hydrogen) atoms. The number of likely N-dealkylation sites (tertiary alicyclic amines) is 1. The van der Waals surface area contributed by atoms with E-state index in [0.29, 0.717) is 35.0 Å². The molecule has 0 bridgehead atoms. The van der Waals surface area contributed by atoms with Crippen LogP contribution < -0.4 is 10.6 Å². The van der Waals surface area contributed by atoms with Crippen molar-refractivity contribution < 1.29 is 9.59 Å². The fourth-order valence-electron chi connectivity index (χ4n) is 4.53. The van der Waals surface area contributed by atoms with Crippen LogP contribution in [0.25, 0.3) is 0 Å². The van der Waals surface area contributed by atoms with Crippen LogP contribution in [0.2, 0.25) is 0 Å². The normalized spacial score (nSPS) is 17.5. The highest BCUT2D eigenvalue weighted by Crippen LogP contribution is 2.30. The van der Waals surface area contributed by atoms with Crippen LogP contribution in [-0.2, 0) is 13.0 Å². The van der Waals surface area contributed by atoms with E-state index < -0.39 is 0 Å². The quantitative estimate of drug-likeness (QED) is 0.573. The third kappa shape index (κ3) is 5.19. The number of hydrogen-bond donors (Lipinski definition) is 2. The first-order chi connectivity index (χ1) is 17.0. The molecule has 1 atom stereocenters. The van der Waals surface area contributed by atoms with Gasteiger partial charge in [0.2, 0.25) is 0 Å². The second kappa shape index (κ2) is 9.86. The fraction of sp³-hybridized carbons (Fsp3) is 0.308. The molecule has 3 aromatic rings. The Morgan fingerprint density at radius 2 is 1.97 bits per heavy atom. The first-order valence-corrected chi connectivity index (χ1v) is 12.4. The van der Waals surface area contributed by atoms with E-state index in [4.69, 9.17) is 5.26 Å². The smallest absolute Gasteiger partial charge is 0.321 e. The molecule has 2 aromatic carbocycles. The lowest BCUT2D eigenvalue weighted by Crippen LogP contribution is -2.32. The summed E-state index contributed by atoms with van der Waals surface area (Å²) in [5.41, 5.74) is 3.93. The molecule has 9 heteroatoms. The van der Waals surface area contributed by atoms with Gasteiger partial charge in [-0.2, -0.15) is 5.26 Å².